The van der Waals surface area contributed by atoms with Crippen LogP contribution in [-0.2, 0) is 9.84 Å². The van der Waals surface area contributed by atoms with E-state index in [9.17, 15) is 13.2 Å². The number of rotatable bonds is 4. The van der Waals surface area contributed by atoms with E-state index in [-0.39, 0.29) is 16.8 Å². The van der Waals surface area contributed by atoms with E-state index in [1.54, 1.807) is 12.1 Å². The third kappa shape index (κ3) is 4.30. The molecular formula is C15H20BrNO3S. The molecule has 0 radical (unpaired) electrons. The molecule has 0 saturated heterocycles. The number of amides is 1. The van der Waals surface area contributed by atoms with Crippen molar-refractivity contribution in [1.29, 1.82) is 0 Å². The van der Waals surface area contributed by atoms with E-state index in [0.717, 1.165) is 30.8 Å². The maximum atomic E-state index is 12.3. The van der Waals surface area contributed by atoms with Gasteiger partial charge in [-0.25, -0.2) is 8.42 Å². The molecule has 0 aliphatic heterocycles. The molecular weight excluding hydrogens is 354 g/mol. The summed E-state index contributed by atoms with van der Waals surface area (Å²) in [5, 5.41) is 3.97. The smallest absolute Gasteiger partial charge is 0.251 e. The molecule has 1 aromatic rings. The number of hydrogen-bond donors (Lipinski definition) is 1. The zero-order valence-electron chi connectivity index (χ0n) is 12.0. The zero-order chi connectivity index (χ0) is 15.5. The second-order valence-corrected chi connectivity index (χ2v) is 8.24. The van der Waals surface area contributed by atoms with Crippen LogP contribution in [0.1, 0.15) is 36.0 Å². The van der Waals surface area contributed by atoms with Gasteiger partial charge in [0.15, 0.2) is 9.84 Å². The van der Waals surface area contributed by atoms with Crippen molar-refractivity contribution in [2.75, 3.05) is 11.6 Å². The van der Waals surface area contributed by atoms with Crippen molar-refractivity contribution in [3.8, 4) is 0 Å². The number of benzene rings is 1. The molecule has 116 valence electrons. The Morgan fingerprint density at radius 3 is 2.43 bits per heavy atom. The minimum absolute atomic E-state index is 0.132. The molecule has 2 unspecified atom stereocenters. The van der Waals surface area contributed by atoms with Gasteiger partial charge in [0, 0.05) is 23.2 Å². The quantitative estimate of drug-likeness (QED) is 0.825. The minimum Gasteiger partial charge on any atom is -0.349 e. The Balaban J connectivity index is 2.06. The fourth-order valence-electron chi connectivity index (χ4n) is 2.69. The topological polar surface area (TPSA) is 63.2 Å². The molecule has 1 N–H and O–H groups in total. The summed E-state index contributed by atoms with van der Waals surface area (Å²) in [4.78, 5) is 12.5. The van der Waals surface area contributed by atoms with Crippen LogP contribution < -0.4 is 5.32 Å². The predicted molar refractivity (Wildman–Crippen MR) is 86.6 cm³/mol. The lowest BCUT2D eigenvalue weighted by atomic mass is 9.86. The van der Waals surface area contributed by atoms with Crippen molar-refractivity contribution in [2.24, 2.45) is 5.92 Å². The summed E-state index contributed by atoms with van der Waals surface area (Å²) < 4.78 is 22.8. The van der Waals surface area contributed by atoms with Gasteiger partial charge in [-0.2, -0.15) is 0 Å². The SMILES string of the molecule is CS(=O)(=O)c1ccc(C(=O)NC2CCCCC2CBr)cc1. The van der Waals surface area contributed by atoms with Gasteiger partial charge in [-0.15, -0.1) is 0 Å². The van der Waals surface area contributed by atoms with Gasteiger partial charge in [0.1, 0.15) is 0 Å². The van der Waals surface area contributed by atoms with Crippen molar-refractivity contribution in [3.63, 3.8) is 0 Å². The monoisotopic (exact) mass is 373 g/mol. The Hall–Kier alpha value is -0.880. The summed E-state index contributed by atoms with van der Waals surface area (Å²) in [7, 11) is -3.22. The number of hydrogen-bond acceptors (Lipinski definition) is 3. The highest BCUT2D eigenvalue weighted by atomic mass is 79.9. The Kier molecular flexibility index (Phi) is 5.43. The van der Waals surface area contributed by atoms with E-state index in [1.807, 2.05) is 0 Å². The van der Waals surface area contributed by atoms with Crippen molar-refractivity contribution < 1.29 is 13.2 Å². The van der Waals surface area contributed by atoms with E-state index in [2.05, 4.69) is 21.2 Å². The molecule has 1 aliphatic rings. The van der Waals surface area contributed by atoms with Crippen molar-refractivity contribution >= 4 is 31.7 Å². The van der Waals surface area contributed by atoms with Gasteiger partial charge < -0.3 is 5.32 Å². The second-order valence-electron chi connectivity index (χ2n) is 5.58. The molecule has 21 heavy (non-hydrogen) atoms. The van der Waals surface area contributed by atoms with Gasteiger partial charge in [-0.3, -0.25) is 4.79 Å². The molecule has 1 saturated carbocycles. The third-order valence-corrected chi connectivity index (χ3v) is 5.93. The van der Waals surface area contributed by atoms with E-state index in [4.69, 9.17) is 0 Å². The highest BCUT2D eigenvalue weighted by molar-refractivity contribution is 9.09. The lowest BCUT2D eigenvalue weighted by Crippen LogP contribution is -2.42. The summed E-state index contributed by atoms with van der Waals surface area (Å²) >= 11 is 3.51. The lowest BCUT2D eigenvalue weighted by Gasteiger charge is -2.31. The van der Waals surface area contributed by atoms with Gasteiger partial charge in [0.2, 0.25) is 0 Å². The molecule has 1 aliphatic carbocycles. The van der Waals surface area contributed by atoms with Gasteiger partial charge in [0.05, 0.1) is 4.90 Å². The van der Waals surface area contributed by atoms with Gasteiger partial charge in [-0.1, -0.05) is 28.8 Å². The van der Waals surface area contributed by atoms with Crippen LogP contribution in [-0.4, -0.2) is 32.0 Å². The Morgan fingerprint density at radius 2 is 1.86 bits per heavy atom. The molecule has 0 aromatic heterocycles. The molecule has 0 heterocycles. The molecule has 4 nitrogen and oxygen atoms in total. The number of carbonyl (C=O) groups is 1. The summed E-state index contributed by atoms with van der Waals surface area (Å²) in [6.07, 6.45) is 5.64. The highest BCUT2D eigenvalue weighted by Crippen LogP contribution is 2.26. The molecule has 1 fully saturated rings. The Bertz CT molecular complexity index is 598. The number of alkyl halides is 1. The molecule has 2 rings (SSSR count). The minimum atomic E-state index is -3.22. The first-order valence-electron chi connectivity index (χ1n) is 7.09. The van der Waals surface area contributed by atoms with Crippen molar-refractivity contribution in [2.45, 2.75) is 36.6 Å². The number of halogens is 1. The fourth-order valence-corrected chi connectivity index (χ4v) is 4.09. The standard InChI is InChI=1S/C15H20BrNO3S/c1-21(19,20)13-8-6-11(7-9-13)15(18)17-14-5-3-2-4-12(14)10-16/h6-9,12,14H,2-5,10H2,1H3,(H,17,18). The predicted octanol–water partition coefficient (Wildman–Crippen LogP) is 2.77. The number of carbonyl (C=O) groups excluding carboxylic acids is 1. The van der Waals surface area contributed by atoms with Crippen LogP contribution in [0.25, 0.3) is 0 Å². The fraction of sp³-hybridized carbons (Fsp3) is 0.533. The first-order chi connectivity index (χ1) is 9.91. The number of nitrogens with one attached hydrogen (secondary N) is 1. The summed E-state index contributed by atoms with van der Waals surface area (Å²) in [5.41, 5.74) is 0.501. The van der Waals surface area contributed by atoms with Gasteiger partial charge in [-0.05, 0) is 43.0 Å². The molecule has 2 atom stereocenters. The van der Waals surface area contributed by atoms with Crippen LogP contribution in [0.2, 0.25) is 0 Å². The summed E-state index contributed by atoms with van der Waals surface area (Å²) in [6, 6.07) is 6.29. The van der Waals surface area contributed by atoms with Crippen LogP contribution in [0.4, 0.5) is 0 Å². The zero-order valence-corrected chi connectivity index (χ0v) is 14.4. The van der Waals surface area contributed by atoms with E-state index >= 15 is 0 Å². The molecule has 1 aromatic carbocycles. The Morgan fingerprint density at radius 1 is 1.24 bits per heavy atom. The molecule has 0 bridgehead atoms. The maximum absolute atomic E-state index is 12.3. The van der Waals surface area contributed by atoms with E-state index in [1.165, 1.54) is 18.6 Å². The van der Waals surface area contributed by atoms with Gasteiger partial charge in [0.25, 0.3) is 5.91 Å². The van der Waals surface area contributed by atoms with Crippen LogP contribution in [0.15, 0.2) is 29.2 Å². The molecule has 0 spiro atoms. The first kappa shape index (κ1) is 16.5. The largest absolute Gasteiger partial charge is 0.349 e. The third-order valence-electron chi connectivity index (χ3n) is 3.97. The Labute approximate surface area is 134 Å². The van der Waals surface area contributed by atoms with E-state index in [0.29, 0.717) is 11.5 Å². The van der Waals surface area contributed by atoms with Crippen LogP contribution >= 0.6 is 15.9 Å². The van der Waals surface area contributed by atoms with Crippen LogP contribution in [0.5, 0.6) is 0 Å². The number of sulfone groups is 1. The maximum Gasteiger partial charge on any atom is 0.251 e. The van der Waals surface area contributed by atoms with Crippen molar-refractivity contribution in [3.05, 3.63) is 29.8 Å². The molecule has 1 amide bonds. The average Bonchev–Trinajstić information content (AvgIpc) is 2.47. The highest BCUT2D eigenvalue weighted by Gasteiger charge is 2.25. The van der Waals surface area contributed by atoms with Crippen LogP contribution in [0.3, 0.4) is 0 Å². The first-order valence-corrected chi connectivity index (χ1v) is 10.1. The van der Waals surface area contributed by atoms with E-state index < -0.39 is 9.84 Å². The normalized spacial score (nSPS) is 22.8. The van der Waals surface area contributed by atoms with Crippen LogP contribution in [0, 0.1) is 5.92 Å². The van der Waals surface area contributed by atoms with Gasteiger partial charge >= 0.3 is 0 Å². The molecule has 6 heteroatoms. The lowest BCUT2D eigenvalue weighted by molar-refractivity contribution is 0.0911. The van der Waals surface area contributed by atoms with Crippen molar-refractivity contribution in [1.82, 2.24) is 5.32 Å². The summed E-state index contributed by atoms with van der Waals surface area (Å²) in [5.74, 6) is 0.339. The second kappa shape index (κ2) is 6.92. The average molecular weight is 374 g/mol. The summed E-state index contributed by atoms with van der Waals surface area (Å²) in [6.45, 7) is 0.